The Bertz CT molecular complexity index is 804. The van der Waals surface area contributed by atoms with Crippen molar-refractivity contribution in [3.05, 3.63) is 29.8 Å². The summed E-state index contributed by atoms with van der Waals surface area (Å²) in [5.74, 6) is 2.67. The van der Waals surface area contributed by atoms with Crippen molar-refractivity contribution in [2.45, 2.75) is 13.0 Å². The Balaban J connectivity index is 1.58. The Morgan fingerprint density at radius 3 is 3.04 bits per heavy atom. The van der Waals surface area contributed by atoms with Gasteiger partial charge in [-0.25, -0.2) is 0 Å². The minimum atomic E-state index is 0.122. The average Bonchev–Trinajstić information content (AvgIpc) is 3.27. The van der Waals surface area contributed by atoms with Gasteiger partial charge in [0, 0.05) is 25.7 Å². The first-order valence-corrected chi connectivity index (χ1v) is 7.58. The van der Waals surface area contributed by atoms with E-state index >= 15 is 0 Å². The monoisotopic (exact) mass is 314 g/mol. The van der Waals surface area contributed by atoms with Crippen molar-refractivity contribution >= 4 is 0 Å². The molecule has 8 heteroatoms. The Morgan fingerprint density at radius 2 is 2.26 bits per heavy atom. The van der Waals surface area contributed by atoms with Crippen LogP contribution in [0.3, 0.4) is 0 Å². The fourth-order valence-electron chi connectivity index (χ4n) is 2.70. The lowest BCUT2D eigenvalue weighted by atomic mass is 10.2. The van der Waals surface area contributed by atoms with Crippen LogP contribution in [0.1, 0.15) is 17.6 Å². The van der Waals surface area contributed by atoms with Crippen molar-refractivity contribution in [1.29, 1.82) is 0 Å². The van der Waals surface area contributed by atoms with Crippen LogP contribution in [0.15, 0.2) is 27.1 Å². The van der Waals surface area contributed by atoms with Gasteiger partial charge in [-0.3, -0.25) is 10.00 Å². The molecule has 0 spiro atoms. The van der Waals surface area contributed by atoms with Crippen molar-refractivity contribution in [3.8, 4) is 23.0 Å². The molecule has 0 radical (unpaired) electrons. The summed E-state index contributed by atoms with van der Waals surface area (Å²) >= 11 is 0. The second kappa shape index (κ2) is 5.64. The van der Waals surface area contributed by atoms with Crippen LogP contribution >= 0.6 is 0 Å². The number of hydrogen-bond donors (Lipinski definition) is 2. The number of rotatable bonds is 3. The molecule has 0 aromatic carbocycles. The molecule has 23 heavy (non-hydrogen) atoms. The number of aromatic nitrogens is 4. The molecule has 1 aliphatic rings. The largest absolute Gasteiger partial charge is 0.460 e. The molecule has 4 rings (SSSR count). The first-order chi connectivity index (χ1) is 11.2. The highest BCUT2D eigenvalue weighted by Crippen LogP contribution is 2.26. The lowest BCUT2D eigenvalue weighted by Crippen LogP contribution is -2.44. The second-order valence-electron chi connectivity index (χ2n) is 5.74. The molecule has 3 aromatic heterocycles. The Kier molecular flexibility index (Phi) is 3.47. The standard InChI is InChI=1S/C15H18N6O2/c1-9-3-4-13(22-9)10-7-11(19-18-10)15-17-14(20-23-15)12-8-16-5-6-21(12)2/h3-4,7,12,16H,5-6,8H2,1-2H3,(H,18,19). The van der Waals surface area contributed by atoms with Gasteiger partial charge in [-0.05, 0) is 26.1 Å². The molecule has 0 bridgehead atoms. The third-order valence-electron chi connectivity index (χ3n) is 4.05. The van der Waals surface area contributed by atoms with E-state index in [9.17, 15) is 0 Å². The number of aryl methyl sites for hydroxylation is 1. The van der Waals surface area contributed by atoms with Crippen LogP contribution in [0.25, 0.3) is 23.0 Å². The average molecular weight is 314 g/mol. The molecule has 1 saturated heterocycles. The van der Waals surface area contributed by atoms with Crippen LogP contribution in [0.4, 0.5) is 0 Å². The Hall–Kier alpha value is -2.45. The molecule has 1 unspecified atom stereocenters. The summed E-state index contributed by atoms with van der Waals surface area (Å²) in [5.41, 5.74) is 1.39. The second-order valence-corrected chi connectivity index (χ2v) is 5.74. The summed E-state index contributed by atoms with van der Waals surface area (Å²) in [6, 6.07) is 5.76. The number of piperazine rings is 1. The van der Waals surface area contributed by atoms with E-state index in [-0.39, 0.29) is 6.04 Å². The van der Waals surface area contributed by atoms with Crippen LogP contribution in [0, 0.1) is 6.92 Å². The van der Waals surface area contributed by atoms with Crippen molar-refractivity contribution in [2.24, 2.45) is 0 Å². The minimum absolute atomic E-state index is 0.122. The Labute approximate surface area is 132 Å². The summed E-state index contributed by atoms with van der Waals surface area (Å²) in [6.07, 6.45) is 0. The molecule has 1 aliphatic heterocycles. The van der Waals surface area contributed by atoms with Gasteiger partial charge in [-0.2, -0.15) is 10.1 Å². The predicted octanol–water partition coefficient (Wildman–Crippen LogP) is 1.60. The molecule has 120 valence electrons. The first-order valence-electron chi connectivity index (χ1n) is 7.58. The van der Waals surface area contributed by atoms with Crippen molar-refractivity contribution < 1.29 is 8.94 Å². The Morgan fingerprint density at radius 1 is 1.35 bits per heavy atom. The third-order valence-corrected chi connectivity index (χ3v) is 4.05. The van der Waals surface area contributed by atoms with E-state index in [1.807, 2.05) is 25.1 Å². The summed E-state index contributed by atoms with van der Waals surface area (Å²) in [5, 5.41) is 14.6. The van der Waals surface area contributed by atoms with E-state index in [0.717, 1.165) is 25.4 Å². The zero-order valence-corrected chi connectivity index (χ0v) is 13.0. The lowest BCUT2D eigenvalue weighted by molar-refractivity contribution is 0.190. The number of likely N-dealkylation sites (N-methyl/N-ethyl adjacent to an activating group) is 1. The van der Waals surface area contributed by atoms with Gasteiger partial charge in [-0.1, -0.05) is 5.16 Å². The zero-order valence-electron chi connectivity index (χ0n) is 13.0. The minimum Gasteiger partial charge on any atom is -0.460 e. The quantitative estimate of drug-likeness (QED) is 0.758. The van der Waals surface area contributed by atoms with E-state index in [1.165, 1.54) is 0 Å². The van der Waals surface area contributed by atoms with Crippen molar-refractivity contribution in [2.75, 3.05) is 26.7 Å². The zero-order chi connectivity index (χ0) is 15.8. The molecule has 0 aliphatic carbocycles. The van der Waals surface area contributed by atoms with E-state index in [1.54, 1.807) is 0 Å². The highest BCUT2D eigenvalue weighted by Gasteiger charge is 2.26. The molecule has 1 fully saturated rings. The van der Waals surface area contributed by atoms with Crippen molar-refractivity contribution in [3.63, 3.8) is 0 Å². The predicted molar refractivity (Wildman–Crippen MR) is 82.6 cm³/mol. The highest BCUT2D eigenvalue weighted by molar-refractivity contribution is 5.60. The number of nitrogens with zero attached hydrogens (tertiary/aromatic N) is 4. The molecular formula is C15H18N6O2. The number of nitrogens with one attached hydrogen (secondary N) is 2. The number of hydrogen-bond acceptors (Lipinski definition) is 7. The van der Waals surface area contributed by atoms with Gasteiger partial charge < -0.3 is 14.3 Å². The molecule has 8 nitrogen and oxygen atoms in total. The molecular weight excluding hydrogens is 296 g/mol. The van der Waals surface area contributed by atoms with Crippen LogP contribution in [-0.2, 0) is 0 Å². The summed E-state index contributed by atoms with van der Waals surface area (Å²) < 4.78 is 11.0. The SMILES string of the molecule is Cc1ccc(-c2cc(-c3nc(C4CNCCN4C)no3)[nH]n2)o1. The fourth-order valence-corrected chi connectivity index (χ4v) is 2.70. The third kappa shape index (κ3) is 2.66. The lowest BCUT2D eigenvalue weighted by Gasteiger charge is -2.30. The summed E-state index contributed by atoms with van der Waals surface area (Å²) in [6.45, 7) is 4.65. The van der Waals surface area contributed by atoms with Gasteiger partial charge in [-0.15, -0.1) is 0 Å². The van der Waals surface area contributed by atoms with Gasteiger partial charge in [0.25, 0.3) is 5.89 Å². The maximum atomic E-state index is 5.57. The number of furan rings is 1. The van der Waals surface area contributed by atoms with Crippen LogP contribution < -0.4 is 5.32 Å². The molecule has 4 heterocycles. The highest BCUT2D eigenvalue weighted by atomic mass is 16.5. The summed E-state index contributed by atoms with van der Waals surface area (Å²) in [7, 11) is 2.06. The molecule has 0 amide bonds. The van der Waals surface area contributed by atoms with Crippen LogP contribution in [-0.4, -0.2) is 51.9 Å². The van der Waals surface area contributed by atoms with Gasteiger partial charge in [0.15, 0.2) is 11.6 Å². The van der Waals surface area contributed by atoms with E-state index in [2.05, 4.69) is 37.6 Å². The molecule has 3 aromatic rings. The normalized spacial score (nSPS) is 19.3. The number of H-pyrrole nitrogens is 1. The smallest absolute Gasteiger partial charge is 0.276 e. The fraction of sp³-hybridized carbons (Fsp3) is 0.400. The molecule has 0 saturated carbocycles. The van der Waals surface area contributed by atoms with Gasteiger partial charge in [0.05, 0.1) is 6.04 Å². The van der Waals surface area contributed by atoms with Crippen LogP contribution in [0.5, 0.6) is 0 Å². The van der Waals surface area contributed by atoms with Crippen molar-refractivity contribution in [1.82, 2.24) is 30.6 Å². The maximum absolute atomic E-state index is 5.57. The van der Waals surface area contributed by atoms with Gasteiger partial charge in [0.2, 0.25) is 0 Å². The topological polar surface area (TPSA) is 96.0 Å². The van der Waals surface area contributed by atoms with E-state index < -0.39 is 0 Å². The number of aromatic amines is 1. The van der Waals surface area contributed by atoms with Gasteiger partial charge >= 0.3 is 0 Å². The maximum Gasteiger partial charge on any atom is 0.276 e. The van der Waals surface area contributed by atoms with Gasteiger partial charge in [0.1, 0.15) is 17.1 Å². The van der Waals surface area contributed by atoms with E-state index in [4.69, 9.17) is 8.94 Å². The summed E-state index contributed by atoms with van der Waals surface area (Å²) in [4.78, 5) is 6.72. The molecule has 2 N–H and O–H groups in total. The van der Waals surface area contributed by atoms with E-state index in [0.29, 0.717) is 28.9 Å². The van der Waals surface area contributed by atoms with Crippen LogP contribution in [0.2, 0.25) is 0 Å². The first kappa shape index (κ1) is 14.2. The molecule has 1 atom stereocenters.